The zero-order valence-corrected chi connectivity index (χ0v) is 11.9. The van der Waals surface area contributed by atoms with Crippen LogP contribution in [-0.4, -0.2) is 39.7 Å². The Morgan fingerprint density at radius 3 is 2.74 bits per heavy atom. The van der Waals surface area contributed by atoms with Crippen molar-refractivity contribution in [3.8, 4) is 0 Å². The topological polar surface area (TPSA) is 64.2 Å². The van der Waals surface area contributed by atoms with Crippen LogP contribution in [0.2, 0.25) is 0 Å². The van der Waals surface area contributed by atoms with Gasteiger partial charge in [0.1, 0.15) is 5.69 Å². The Bertz CT molecular complexity index is 435. The van der Waals surface area contributed by atoms with Gasteiger partial charge in [0.15, 0.2) is 0 Å². The normalized spacial score (nSPS) is 15.9. The summed E-state index contributed by atoms with van der Waals surface area (Å²) in [4.78, 5) is 14.6. The Balaban J connectivity index is 2.19. The van der Waals surface area contributed by atoms with Crippen LogP contribution in [0.3, 0.4) is 0 Å². The standard InChI is InChI=1S/C14H24N4O/c1-3-11-10-13(17(2)16-11)14(19)18(9-8-15)12-6-4-5-7-12/h10,12H,3-9,15H2,1-2H3. The number of nitrogens with two attached hydrogens (primary N) is 1. The zero-order valence-electron chi connectivity index (χ0n) is 11.9. The van der Waals surface area contributed by atoms with Crippen molar-refractivity contribution in [1.82, 2.24) is 14.7 Å². The predicted molar refractivity (Wildman–Crippen MR) is 74.9 cm³/mol. The van der Waals surface area contributed by atoms with Crippen molar-refractivity contribution in [2.24, 2.45) is 12.8 Å². The lowest BCUT2D eigenvalue weighted by Crippen LogP contribution is -2.42. The molecular formula is C14H24N4O. The number of nitrogens with zero attached hydrogens (tertiary/aromatic N) is 3. The molecular weight excluding hydrogens is 240 g/mol. The molecule has 1 amide bonds. The summed E-state index contributed by atoms with van der Waals surface area (Å²) in [6, 6.07) is 2.26. The second-order valence-electron chi connectivity index (χ2n) is 5.22. The molecule has 1 saturated carbocycles. The molecule has 1 aliphatic rings. The molecule has 1 fully saturated rings. The summed E-state index contributed by atoms with van der Waals surface area (Å²) in [7, 11) is 1.83. The van der Waals surface area contributed by atoms with Gasteiger partial charge in [0, 0.05) is 26.2 Å². The van der Waals surface area contributed by atoms with Crippen LogP contribution in [0.25, 0.3) is 0 Å². The van der Waals surface area contributed by atoms with Crippen LogP contribution in [0, 0.1) is 0 Å². The van der Waals surface area contributed by atoms with Gasteiger partial charge in [-0.1, -0.05) is 19.8 Å². The fourth-order valence-corrected chi connectivity index (χ4v) is 2.85. The lowest BCUT2D eigenvalue weighted by molar-refractivity contribution is 0.0676. The molecule has 5 heteroatoms. The number of hydrogen-bond donors (Lipinski definition) is 1. The zero-order chi connectivity index (χ0) is 13.8. The number of aryl methyl sites for hydroxylation is 2. The average Bonchev–Trinajstić information content (AvgIpc) is 3.04. The SMILES string of the molecule is CCc1cc(C(=O)N(CCN)C2CCCC2)n(C)n1. The fourth-order valence-electron chi connectivity index (χ4n) is 2.85. The van der Waals surface area contributed by atoms with Gasteiger partial charge in [-0.25, -0.2) is 0 Å². The fraction of sp³-hybridized carbons (Fsp3) is 0.714. The lowest BCUT2D eigenvalue weighted by Gasteiger charge is -2.28. The van der Waals surface area contributed by atoms with Crippen molar-refractivity contribution < 1.29 is 4.79 Å². The van der Waals surface area contributed by atoms with Gasteiger partial charge in [-0.2, -0.15) is 5.10 Å². The number of aromatic nitrogens is 2. The molecule has 2 rings (SSSR count). The minimum Gasteiger partial charge on any atom is -0.333 e. The molecule has 5 nitrogen and oxygen atoms in total. The van der Waals surface area contributed by atoms with Crippen molar-refractivity contribution in [2.75, 3.05) is 13.1 Å². The van der Waals surface area contributed by atoms with Crippen LogP contribution < -0.4 is 5.73 Å². The molecule has 0 unspecified atom stereocenters. The largest absolute Gasteiger partial charge is 0.333 e. The van der Waals surface area contributed by atoms with Crippen molar-refractivity contribution in [3.05, 3.63) is 17.5 Å². The molecule has 1 aromatic heterocycles. The van der Waals surface area contributed by atoms with E-state index in [-0.39, 0.29) is 5.91 Å². The highest BCUT2D eigenvalue weighted by atomic mass is 16.2. The molecule has 0 radical (unpaired) electrons. The van der Waals surface area contributed by atoms with Gasteiger partial charge >= 0.3 is 0 Å². The Hall–Kier alpha value is -1.36. The quantitative estimate of drug-likeness (QED) is 0.872. The first kappa shape index (κ1) is 14.1. The molecule has 0 saturated heterocycles. The Morgan fingerprint density at radius 2 is 2.21 bits per heavy atom. The third kappa shape index (κ3) is 2.97. The Morgan fingerprint density at radius 1 is 1.53 bits per heavy atom. The summed E-state index contributed by atoms with van der Waals surface area (Å²) in [5, 5.41) is 4.36. The molecule has 0 aromatic carbocycles. The van der Waals surface area contributed by atoms with E-state index in [9.17, 15) is 4.79 Å². The average molecular weight is 264 g/mol. The van der Waals surface area contributed by atoms with Gasteiger partial charge in [-0.3, -0.25) is 9.48 Å². The predicted octanol–water partition coefficient (Wildman–Crippen LogP) is 1.33. The third-order valence-corrected chi connectivity index (χ3v) is 3.91. The molecule has 106 valence electrons. The molecule has 1 aliphatic carbocycles. The first-order chi connectivity index (χ1) is 9.17. The van der Waals surface area contributed by atoms with Crippen LogP contribution >= 0.6 is 0 Å². The molecule has 1 heterocycles. The molecule has 1 aromatic rings. The van der Waals surface area contributed by atoms with Gasteiger partial charge in [0.05, 0.1) is 5.69 Å². The summed E-state index contributed by atoms with van der Waals surface area (Å²) in [6.07, 6.45) is 5.48. The number of hydrogen-bond acceptors (Lipinski definition) is 3. The molecule has 19 heavy (non-hydrogen) atoms. The highest BCUT2D eigenvalue weighted by Gasteiger charge is 2.28. The van der Waals surface area contributed by atoms with Crippen LogP contribution in [-0.2, 0) is 13.5 Å². The van der Waals surface area contributed by atoms with Crippen LogP contribution in [0.5, 0.6) is 0 Å². The van der Waals surface area contributed by atoms with Gasteiger partial charge in [0.25, 0.3) is 5.91 Å². The van der Waals surface area contributed by atoms with Crippen molar-refractivity contribution in [2.45, 2.75) is 45.1 Å². The molecule has 2 N–H and O–H groups in total. The summed E-state index contributed by atoms with van der Waals surface area (Å²) in [5.74, 6) is 0.0760. The van der Waals surface area contributed by atoms with E-state index in [1.807, 2.05) is 24.9 Å². The van der Waals surface area contributed by atoms with Gasteiger partial charge in [-0.05, 0) is 25.3 Å². The van der Waals surface area contributed by atoms with E-state index in [4.69, 9.17) is 5.73 Å². The third-order valence-electron chi connectivity index (χ3n) is 3.91. The van der Waals surface area contributed by atoms with Crippen LogP contribution in [0.15, 0.2) is 6.07 Å². The maximum Gasteiger partial charge on any atom is 0.272 e. The molecule has 0 bridgehead atoms. The second-order valence-corrected chi connectivity index (χ2v) is 5.22. The van der Waals surface area contributed by atoms with E-state index >= 15 is 0 Å². The van der Waals surface area contributed by atoms with Crippen LogP contribution in [0.1, 0.15) is 48.8 Å². The Kier molecular flexibility index (Phi) is 4.58. The van der Waals surface area contributed by atoms with Crippen molar-refractivity contribution >= 4 is 5.91 Å². The summed E-state index contributed by atoms with van der Waals surface area (Å²) in [5.41, 5.74) is 7.31. The van der Waals surface area contributed by atoms with Gasteiger partial charge < -0.3 is 10.6 Å². The minimum absolute atomic E-state index is 0.0760. The first-order valence-corrected chi connectivity index (χ1v) is 7.21. The molecule has 0 spiro atoms. The van der Waals surface area contributed by atoms with Crippen molar-refractivity contribution in [3.63, 3.8) is 0 Å². The Labute approximate surface area is 114 Å². The van der Waals surface area contributed by atoms with E-state index in [1.165, 1.54) is 12.8 Å². The highest BCUT2D eigenvalue weighted by molar-refractivity contribution is 5.93. The van der Waals surface area contributed by atoms with E-state index in [2.05, 4.69) is 5.10 Å². The number of carbonyl (C=O) groups excluding carboxylic acids is 1. The maximum atomic E-state index is 12.7. The first-order valence-electron chi connectivity index (χ1n) is 7.21. The lowest BCUT2D eigenvalue weighted by atomic mass is 10.2. The summed E-state index contributed by atoms with van der Waals surface area (Å²) < 4.78 is 1.69. The van der Waals surface area contributed by atoms with E-state index < -0.39 is 0 Å². The minimum atomic E-state index is 0.0760. The maximum absolute atomic E-state index is 12.7. The smallest absolute Gasteiger partial charge is 0.272 e. The number of carbonyl (C=O) groups is 1. The second kappa shape index (κ2) is 6.19. The van der Waals surface area contributed by atoms with E-state index in [0.717, 1.165) is 25.0 Å². The highest BCUT2D eigenvalue weighted by Crippen LogP contribution is 2.24. The number of amides is 1. The summed E-state index contributed by atoms with van der Waals surface area (Å²) >= 11 is 0. The van der Waals surface area contributed by atoms with Gasteiger partial charge in [-0.15, -0.1) is 0 Å². The van der Waals surface area contributed by atoms with Gasteiger partial charge in [0.2, 0.25) is 0 Å². The van der Waals surface area contributed by atoms with E-state index in [1.54, 1.807) is 4.68 Å². The van der Waals surface area contributed by atoms with E-state index in [0.29, 0.717) is 24.8 Å². The van der Waals surface area contributed by atoms with Crippen molar-refractivity contribution in [1.29, 1.82) is 0 Å². The monoisotopic (exact) mass is 264 g/mol. The number of rotatable bonds is 5. The summed E-state index contributed by atoms with van der Waals surface area (Å²) in [6.45, 7) is 3.20. The molecule has 0 aliphatic heterocycles. The molecule has 0 atom stereocenters. The van der Waals surface area contributed by atoms with Crippen LogP contribution in [0.4, 0.5) is 0 Å².